The molecule has 4 aromatic carbocycles. The first-order valence-corrected chi connectivity index (χ1v) is 11.9. The summed E-state index contributed by atoms with van der Waals surface area (Å²) >= 11 is 2.11. The van der Waals surface area contributed by atoms with E-state index in [2.05, 4.69) is 33.1 Å². The molecule has 0 aliphatic carbocycles. The first-order chi connectivity index (χ1) is 17.0. The summed E-state index contributed by atoms with van der Waals surface area (Å²) in [4.78, 5) is 12.6. The van der Waals surface area contributed by atoms with Crippen molar-refractivity contribution in [1.82, 2.24) is 5.43 Å². The van der Waals surface area contributed by atoms with Crippen LogP contribution in [0.4, 0.5) is 4.39 Å². The fourth-order valence-corrected chi connectivity index (χ4v) is 4.25. The Morgan fingerprint density at radius 2 is 1.77 bits per heavy atom. The highest BCUT2D eigenvalue weighted by atomic mass is 127. The second kappa shape index (κ2) is 11.2. The molecule has 0 atom stereocenters. The summed E-state index contributed by atoms with van der Waals surface area (Å²) in [6.07, 6.45) is 1.47. The van der Waals surface area contributed by atoms with Crippen molar-refractivity contribution in [2.45, 2.75) is 13.5 Å². The van der Waals surface area contributed by atoms with Crippen molar-refractivity contribution in [2.24, 2.45) is 5.10 Å². The molecule has 0 unspecified atom stereocenters. The van der Waals surface area contributed by atoms with Crippen LogP contribution in [-0.4, -0.2) is 23.8 Å². The molecule has 0 aliphatic heterocycles. The van der Waals surface area contributed by atoms with Gasteiger partial charge in [0, 0.05) is 5.56 Å². The zero-order valence-electron chi connectivity index (χ0n) is 18.8. The maximum atomic E-state index is 14.0. The van der Waals surface area contributed by atoms with Crippen LogP contribution in [0.1, 0.15) is 28.4 Å². The quantitative estimate of drug-likeness (QED) is 0.151. The van der Waals surface area contributed by atoms with Gasteiger partial charge in [-0.25, -0.2) is 9.82 Å². The largest absolute Gasteiger partial charge is 0.507 e. The predicted molar refractivity (Wildman–Crippen MR) is 142 cm³/mol. The molecule has 4 aromatic rings. The zero-order valence-corrected chi connectivity index (χ0v) is 21.0. The van der Waals surface area contributed by atoms with Crippen LogP contribution in [0, 0.1) is 9.39 Å². The number of hydrogen-bond acceptors (Lipinski definition) is 5. The van der Waals surface area contributed by atoms with Crippen LogP contribution in [0.5, 0.6) is 17.2 Å². The summed E-state index contributed by atoms with van der Waals surface area (Å²) in [7, 11) is 0. The number of phenols is 1. The molecule has 0 saturated carbocycles. The number of hydrazone groups is 1. The van der Waals surface area contributed by atoms with Gasteiger partial charge in [0.2, 0.25) is 0 Å². The Hall–Kier alpha value is -3.66. The molecule has 0 fully saturated rings. The van der Waals surface area contributed by atoms with Gasteiger partial charge in [-0.05, 0) is 76.2 Å². The molecule has 8 heteroatoms. The molecule has 0 aliphatic rings. The minimum atomic E-state index is -0.533. The highest BCUT2D eigenvalue weighted by Crippen LogP contribution is 2.34. The SMILES string of the molecule is CCOc1cc(C=NNC(=O)c2cc3ccccc3cc2O)cc(I)c1OCc1ccccc1F. The van der Waals surface area contributed by atoms with Gasteiger partial charge in [-0.3, -0.25) is 4.79 Å². The third-order valence-corrected chi connectivity index (χ3v) is 5.95. The molecule has 0 spiro atoms. The van der Waals surface area contributed by atoms with E-state index in [0.717, 1.165) is 14.3 Å². The topological polar surface area (TPSA) is 80.2 Å². The molecule has 178 valence electrons. The van der Waals surface area contributed by atoms with Crippen LogP contribution < -0.4 is 14.9 Å². The Bertz CT molecular complexity index is 1410. The van der Waals surface area contributed by atoms with Crippen LogP contribution >= 0.6 is 22.6 Å². The number of hydrogen-bond donors (Lipinski definition) is 2. The summed E-state index contributed by atoms with van der Waals surface area (Å²) in [5.74, 6) is -0.0129. The maximum absolute atomic E-state index is 14.0. The number of nitrogens with one attached hydrogen (secondary N) is 1. The molecule has 0 bridgehead atoms. The fraction of sp³-hybridized carbons (Fsp3) is 0.111. The predicted octanol–water partition coefficient (Wildman–Crippen LogP) is 6.03. The van der Waals surface area contributed by atoms with Crippen molar-refractivity contribution in [2.75, 3.05) is 6.61 Å². The Morgan fingerprint density at radius 1 is 1.06 bits per heavy atom. The Labute approximate surface area is 215 Å². The average Bonchev–Trinajstić information content (AvgIpc) is 2.84. The Balaban J connectivity index is 1.50. The molecule has 0 heterocycles. The minimum Gasteiger partial charge on any atom is -0.507 e. The number of aromatic hydroxyl groups is 1. The molecule has 0 aromatic heterocycles. The molecule has 4 rings (SSSR count). The number of nitrogens with zero attached hydrogens (tertiary/aromatic N) is 1. The van der Waals surface area contributed by atoms with E-state index in [9.17, 15) is 14.3 Å². The second-order valence-electron chi connectivity index (χ2n) is 7.56. The van der Waals surface area contributed by atoms with Gasteiger partial charge in [-0.1, -0.05) is 42.5 Å². The van der Waals surface area contributed by atoms with Gasteiger partial charge >= 0.3 is 0 Å². The molecule has 0 radical (unpaired) electrons. The number of carbonyl (C=O) groups is 1. The smallest absolute Gasteiger partial charge is 0.275 e. The average molecular weight is 584 g/mol. The number of fused-ring (bicyclic) bond motifs is 1. The third kappa shape index (κ3) is 5.89. The molecular formula is C27H22FIN2O4. The van der Waals surface area contributed by atoms with E-state index in [0.29, 0.717) is 29.2 Å². The first-order valence-electron chi connectivity index (χ1n) is 10.8. The summed E-state index contributed by atoms with van der Waals surface area (Å²) in [5.41, 5.74) is 3.68. The van der Waals surface area contributed by atoms with Crippen LogP contribution in [0.15, 0.2) is 77.9 Å². The molecule has 2 N–H and O–H groups in total. The zero-order chi connectivity index (χ0) is 24.8. The van der Waals surface area contributed by atoms with E-state index in [-0.39, 0.29) is 23.7 Å². The van der Waals surface area contributed by atoms with E-state index < -0.39 is 5.91 Å². The number of rotatable bonds is 8. The molecule has 35 heavy (non-hydrogen) atoms. The van der Waals surface area contributed by atoms with Crippen molar-refractivity contribution < 1.29 is 23.8 Å². The van der Waals surface area contributed by atoms with Gasteiger partial charge in [0.05, 0.1) is 22.0 Å². The van der Waals surface area contributed by atoms with Gasteiger partial charge in [-0.15, -0.1) is 0 Å². The summed E-state index contributed by atoms with van der Waals surface area (Å²) in [6.45, 7) is 2.32. The molecular weight excluding hydrogens is 562 g/mol. The van der Waals surface area contributed by atoms with E-state index in [1.165, 1.54) is 12.3 Å². The van der Waals surface area contributed by atoms with Crippen molar-refractivity contribution in [3.05, 3.63) is 98.9 Å². The molecule has 6 nitrogen and oxygen atoms in total. The van der Waals surface area contributed by atoms with Crippen LogP contribution in [0.2, 0.25) is 0 Å². The number of ether oxygens (including phenoxy) is 2. The van der Waals surface area contributed by atoms with Crippen molar-refractivity contribution in [3.63, 3.8) is 0 Å². The highest BCUT2D eigenvalue weighted by molar-refractivity contribution is 14.1. The highest BCUT2D eigenvalue weighted by Gasteiger charge is 2.14. The lowest BCUT2D eigenvalue weighted by atomic mass is 10.1. The van der Waals surface area contributed by atoms with Crippen molar-refractivity contribution in [3.8, 4) is 17.2 Å². The second-order valence-corrected chi connectivity index (χ2v) is 8.72. The van der Waals surface area contributed by atoms with Crippen molar-refractivity contribution >= 4 is 45.5 Å². The van der Waals surface area contributed by atoms with Gasteiger partial charge in [0.1, 0.15) is 18.2 Å². The number of phenolic OH excluding ortho intramolecular Hbond substituents is 1. The summed E-state index contributed by atoms with van der Waals surface area (Å²) < 4.78 is 26.3. The van der Waals surface area contributed by atoms with Gasteiger partial charge in [0.25, 0.3) is 5.91 Å². The van der Waals surface area contributed by atoms with Crippen molar-refractivity contribution in [1.29, 1.82) is 0 Å². The lowest BCUT2D eigenvalue weighted by Gasteiger charge is -2.15. The Kier molecular flexibility index (Phi) is 7.81. The number of benzene rings is 4. The van der Waals surface area contributed by atoms with Crippen LogP contribution in [-0.2, 0) is 6.61 Å². The monoisotopic (exact) mass is 584 g/mol. The van der Waals surface area contributed by atoms with E-state index >= 15 is 0 Å². The van der Waals surface area contributed by atoms with Crippen LogP contribution in [0.25, 0.3) is 10.8 Å². The normalized spacial score (nSPS) is 11.1. The lowest BCUT2D eigenvalue weighted by Crippen LogP contribution is -2.17. The van der Waals surface area contributed by atoms with Gasteiger partial charge in [0.15, 0.2) is 11.5 Å². The maximum Gasteiger partial charge on any atom is 0.275 e. The molecule has 1 amide bonds. The number of carbonyl (C=O) groups excluding carboxylic acids is 1. The lowest BCUT2D eigenvalue weighted by molar-refractivity contribution is 0.0952. The van der Waals surface area contributed by atoms with Crippen LogP contribution in [0.3, 0.4) is 0 Å². The van der Waals surface area contributed by atoms with E-state index in [1.54, 1.807) is 36.4 Å². The summed E-state index contributed by atoms with van der Waals surface area (Å²) in [5, 5.41) is 15.9. The van der Waals surface area contributed by atoms with Gasteiger partial charge in [-0.2, -0.15) is 5.10 Å². The number of halogens is 2. The van der Waals surface area contributed by atoms with Gasteiger partial charge < -0.3 is 14.6 Å². The Morgan fingerprint density at radius 3 is 2.51 bits per heavy atom. The standard InChI is InChI=1S/C27H22FIN2O4/c1-2-34-25-12-17(11-23(29)26(25)35-16-20-9-5-6-10-22(20)28)15-30-31-27(33)21-13-18-7-3-4-8-19(18)14-24(21)32/h3-15,32H,2,16H2,1H3,(H,31,33). The third-order valence-electron chi connectivity index (χ3n) is 5.15. The first kappa shape index (κ1) is 24.5. The molecule has 0 saturated heterocycles. The fourth-order valence-electron chi connectivity index (χ4n) is 3.47. The van der Waals surface area contributed by atoms with E-state index in [4.69, 9.17) is 9.47 Å². The summed E-state index contributed by atoms with van der Waals surface area (Å²) in [6, 6.07) is 20.6. The minimum absolute atomic E-state index is 0.0570. The number of amides is 1. The van der Waals surface area contributed by atoms with E-state index in [1.807, 2.05) is 37.3 Å².